The number of amides is 2. The van der Waals surface area contributed by atoms with Gasteiger partial charge in [0.15, 0.2) is 0 Å². The summed E-state index contributed by atoms with van der Waals surface area (Å²) in [5.41, 5.74) is -0.458. The summed E-state index contributed by atoms with van der Waals surface area (Å²) in [4.78, 5) is 25.6. The first kappa shape index (κ1) is 16.8. The van der Waals surface area contributed by atoms with E-state index < -0.39 is 11.7 Å². The van der Waals surface area contributed by atoms with Crippen LogP contribution in [0.1, 0.15) is 72.6 Å². The van der Waals surface area contributed by atoms with Gasteiger partial charge in [-0.15, -0.1) is 0 Å². The summed E-state index contributed by atoms with van der Waals surface area (Å²) in [6, 6.07) is 0. The van der Waals surface area contributed by atoms with Gasteiger partial charge in [-0.1, -0.05) is 13.8 Å². The Bertz CT molecular complexity index is 479. The molecule has 2 aliphatic carbocycles. The lowest BCUT2D eigenvalue weighted by atomic mass is 9.51. The van der Waals surface area contributed by atoms with E-state index in [1.54, 1.807) is 0 Å². The molecule has 2 bridgehead atoms. The van der Waals surface area contributed by atoms with E-state index in [4.69, 9.17) is 4.74 Å². The number of rotatable bonds is 2. The number of fused-ring (bicyclic) bond motifs is 2. The maximum Gasteiger partial charge on any atom is 0.417 e. The fourth-order valence-corrected chi connectivity index (χ4v) is 5.66. The van der Waals surface area contributed by atoms with Gasteiger partial charge in [0.05, 0.1) is 0 Å². The van der Waals surface area contributed by atoms with Crippen LogP contribution in [-0.4, -0.2) is 29.0 Å². The second kappa shape index (κ2) is 5.78. The molecule has 130 valence electrons. The lowest BCUT2D eigenvalue weighted by Crippen LogP contribution is -2.55. The Morgan fingerprint density at radius 3 is 2.30 bits per heavy atom. The number of hydrogen-bond donors (Lipinski definition) is 0. The number of likely N-dealkylation sites (tertiary alicyclic amines) is 1. The molecule has 0 N–H and O–H groups in total. The highest BCUT2D eigenvalue weighted by atomic mass is 16.6. The largest absolute Gasteiger partial charge is 0.442 e. The predicted octanol–water partition coefficient (Wildman–Crippen LogP) is 4.38. The van der Waals surface area contributed by atoms with Crippen molar-refractivity contribution in [1.29, 1.82) is 0 Å². The van der Waals surface area contributed by atoms with Gasteiger partial charge in [-0.3, -0.25) is 4.79 Å². The molecule has 0 aromatic rings. The van der Waals surface area contributed by atoms with E-state index in [0.29, 0.717) is 24.8 Å². The van der Waals surface area contributed by atoms with Crippen molar-refractivity contribution in [2.24, 2.45) is 23.2 Å². The summed E-state index contributed by atoms with van der Waals surface area (Å²) in [6.45, 7) is 9.31. The third-order valence-electron chi connectivity index (χ3n) is 6.54. The molecule has 0 aromatic carbocycles. The van der Waals surface area contributed by atoms with Gasteiger partial charge < -0.3 is 4.74 Å². The molecule has 2 atom stereocenters. The minimum absolute atomic E-state index is 0.0609. The van der Waals surface area contributed by atoms with Crippen molar-refractivity contribution in [2.75, 3.05) is 6.54 Å². The third kappa shape index (κ3) is 3.01. The Morgan fingerprint density at radius 1 is 1.17 bits per heavy atom. The number of ether oxygens (including phenoxy) is 1. The summed E-state index contributed by atoms with van der Waals surface area (Å²) >= 11 is 0. The quantitative estimate of drug-likeness (QED) is 0.758. The van der Waals surface area contributed by atoms with E-state index in [1.165, 1.54) is 17.7 Å². The Kier molecular flexibility index (Phi) is 4.22. The van der Waals surface area contributed by atoms with Crippen LogP contribution in [0.15, 0.2) is 0 Å². The van der Waals surface area contributed by atoms with Crippen LogP contribution in [0.3, 0.4) is 0 Å². The van der Waals surface area contributed by atoms with Gasteiger partial charge in [0, 0.05) is 18.4 Å². The van der Waals surface area contributed by atoms with Gasteiger partial charge in [0.2, 0.25) is 5.91 Å². The molecular formula is C19H31NO3. The van der Waals surface area contributed by atoms with Crippen LogP contribution in [0.2, 0.25) is 0 Å². The summed E-state index contributed by atoms with van der Waals surface area (Å²) in [7, 11) is 0. The zero-order chi connectivity index (χ0) is 16.8. The minimum atomic E-state index is -0.519. The highest BCUT2D eigenvalue weighted by Crippen LogP contribution is 2.58. The van der Waals surface area contributed by atoms with Crippen LogP contribution in [0, 0.1) is 23.2 Å². The SMILES string of the molecule is CC1CC2CC(C)CC(C(C)(C)OC(=O)N3CCCC3=O)(C1)C2. The monoisotopic (exact) mass is 321 g/mol. The first-order valence-electron chi connectivity index (χ1n) is 9.26. The molecule has 2 unspecified atom stereocenters. The van der Waals surface area contributed by atoms with Crippen molar-refractivity contribution in [3.63, 3.8) is 0 Å². The average Bonchev–Trinajstić information content (AvgIpc) is 2.82. The molecule has 1 aliphatic heterocycles. The molecule has 3 fully saturated rings. The van der Waals surface area contributed by atoms with E-state index in [2.05, 4.69) is 27.7 Å². The molecule has 2 saturated carbocycles. The molecule has 4 nitrogen and oxygen atoms in total. The second-order valence-electron chi connectivity index (χ2n) is 8.97. The molecule has 1 saturated heterocycles. The van der Waals surface area contributed by atoms with Crippen molar-refractivity contribution < 1.29 is 14.3 Å². The first-order valence-corrected chi connectivity index (χ1v) is 9.26. The highest BCUT2D eigenvalue weighted by molar-refractivity contribution is 5.93. The van der Waals surface area contributed by atoms with Crippen molar-refractivity contribution in [1.82, 2.24) is 4.90 Å². The maximum atomic E-state index is 12.5. The number of carbonyl (C=O) groups is 2. The molecule has 3 rings (SSSR count). The third-order valence-corrected chi connectivity index (χ3v) is 6.54. The topological polar surface area (TPSA) is 46.6 Å². The Morgan fingerprint density at radius 2 is 1.78 bits per heavy atom. The number of imide groups is 1. The standard InChI is InChI=1S/C19H31NO3/c1-13-8-15-9-14(2)11-19(10-13,12-15)18(3,4)23-17(22)20-7-5-6-16(20)21/h13-15H,5-12H2,1-4H3. The molecule has 23 heavy (non-hydrogen) atoms. The van der Waals surface area contributed by atoms with Crippen molar-refractivity contribution in [2.45, 2.75) is 78.2 Å². The first-order chi connectivity index (χ1) is 10.7. The van der Waals surface area contributed by atoms with E-state index in [9.17, 15) is 9.59 Å². The fraction of sp³-hybridized carbons (Fsp3) is 0.895. The molecule has 0 radical (unpaired) electrons. The molecular weight excluding hydrogens is 290 g/mol. The summed E-state index contributed by atoms with van der Waals surface area (Å²) in [6.07, 6.45) is 6.83. The van der Waals surface area contributed by atoms with Crippen LogP contribution in [0.5, 0.6) is 0 Å². The van der Waals surface area contributed by atoms with Crippen LogP contribution < -0.4 is 0 Å². The number of carbonyl (C=O) groups excluding carboxylic acids is 2. The zero-order valence-electron chi connectivity index (χ0n) is 15.1. The van der Waals surface area contributed by atoms with Gasteiger partial charge >= 0.3 is 6.09 Å². The molecule has 0 aromatic heterocycles. The molecule has 3 aliphatic rings. The van der Waals surface area contributed by atoms with Gasteiger partial charge in [-0.2, -0.15) is 0 Å². The number of nitrogens with zero attached hydrogens (tertiary/aromatic N) is 1. The van der Waals surface area contributed by atoms with E-state index in [1.807, 2.05) is 0 Å². The lowest BCUT2D eigenvalue weighted by Gasteiger charge is -2.56. The van der Waals surface area contributed by atoms with Crippen molar-refractivity contribution in [3.8, 4) is 0 Å². The van der Waals surface area contributed by atoms with Crippen molar-refractivity contribution >= 4 is 12.0 Å². The van der Waals surface area contributed by atoms with Crippen molar-refractivity contribution in [3.05, 3.63) is 0 Å². The van der Waals surface area contributed by atoms with E-state index in [-0.39, 0.29) is 11.3 Å². The molecule has 1 heterocycles. The van der Waals surface area contributed by atoms with Gasteiger partial charge in [-0.25, -0.2) is 9.69 Å². The summed E-state index contributed by atoms with van der Waals surface area (Å²) < 4.78 is 5.97. The maximum absolute atomic E-state index is 12.5. The van der Waals surface area contributed by atoms with Gasteiger partial charge in [0.1, 0.15) is 5.60 Å². The van der Waals surface area contributed by atoms with E-state index in [0.717, 1.165) is 31.6 Å². The predicted molar refractivity (Wildman–Crippen MR) is 88.8 cm³/mol. The van der Waals surface area contributed by atoms with Gasteiger partial charge in [-0.05, 0) is 70.1 Å². The fourth-order valence-electron chi connectivity index (χ4n) is 5.66. The Labute approximate surface area is 139 Å². The molecule has 4 heteroatoms. The average molecular weight is 321 g/mol. The van der Waals surface area contributed by atoms with E-state index >= 15 is 0 Å². The smallest absolute Gasteiger partial charge is 0.417 e. The lowest BCUT2D eigenvalue weighted by molar-refractivity contribution is -0.144. The van der Waals surface area contributed by atoms with Gasteiger partial charge in [0.25, 0.3) is 0 Å². The summed E-state index contributed by atoms with van der Waals surface area (Å²) in [5.74, 6) is 2.05. The second-order valence-corrected chi connectivity index (χ2v) is 8.97. The van der Waals surface area contributed by atoms with Crippen LogP contribution in [-0.2, 0) is 9.53 Å². The van der Waals surface area contributed by atoms with Crippen LogP contribution >= 0.6 is 0 Å². The van der Waals surface area contributed by atoms with Crippen LogP contribution in [0.4, 0.5) is 4.79 Å². The highest BCUT2D eigenvalue weighted by Gasteiger charge is 2.55. The summed E-state index contributed by atoms with van der Waals surface area (Å²) in [5, 5.41) is 0. The molecule has 2 amide bonds. The Balaban J connectivity index is 1.79. The Hall–Kier alpha value is -1.06. The van der Waals surface area contributed by atoms with Crippen LogP contribution in [0.25, 0.3) is 0 Å². The molecule has 0 spiro atoms. The zero-order valence-corrected chi connectivity index (χ0v) is 15.1. The minimum Gasteiger partial charge on any atom is -0.442 e. The normalized spacial score (nSPS) is 37.8. The number of hydrogen-bond acceptors (Lipinski definition) is 3.